The second-order valence-corrected chi connectivity index (χ2v) is 6.30. The van der Waals surface area contributed by atoms with E-state index in [1.165, 1.54) is 0 Å². The summed E-state index contributed by atoms with van der Waals surface area (Å²) in [6.45, 7) is 6.96. The molecule has 1 aromatic rings. The molecular weight excluding hydrogens is 348 g/mol. The average molecular weight is 370 g/mol. The SMILES string of the molecule is CCCCOC(=O)c1cc(NC(=O)OC(C)(C)C)c(O[N+](=O)[O-])cc1O. The maximum absolute atomic E-state index is 12.0. The molecule has 0 aromatic heterocycles. The Morgan fingerprint density at radius 1 is 1.31 bits per heavy atom. The molecule has 0 fully saturated rings. The van der Waals surface area contributed by atoms with Crippen LogP contribution in [0.1, 0.15) is 50.9 Å². The zero-order chi connectivity index (χ0) is 19.9. The van der Waals surface area contributed by atoms with Gasteiger partial charge >= 0.3 is 12.1 Å². The third-order valence-electron chi connectivity index (χ3n) is 2.86. The van der Waals surface area contributed by atoms with Crippen LogP contribution < -0.4 is 10.2 Å². The van der Waals surface area contributed by atoms with Crippen molar-refractivity contribution < 1.29 is 34.1 Å². The van der Waals surface area contributed by atoms with Crippen LogP contribution in [0.2, 0.25) is 0 Å². The largest absolute Gasteiger partial charge is 0.507 e. The number of phenolic OH excluding ortho intramolecular Hbond substituents is 1. The van der Waals surface area contributed by atoms with Crippen LogP contribution >= 0.6 is 0 Å². The summed E-state index contributed by atoms with van der Waals surface area (Å²) in [5, 5.41) is 21.7. The van der Waals surface area contributed by atoms with E-state index in [2.05, 4.69) is 10.2 Å². The molecule has 0 aliphatic rings. The Morgan fingerprint density at radius 2 is 1.96 bits per heavy atom. The molecule has 2 N–H and O–H groups in total. The third-order valence-corrected chi connectivity index (χ3v) is 2.86. The number of ether oxygens (including phenoxy) is 2. The first-order valence-electron chi connectivity index (χ1n) is 7.90. The van der Waals surface area contributed by atoms with E-state index in [0.29, 0.717) is 6.42 Å². The highest BCUT2D eigenvalue weighted by Gasteiger charge is 2.22. The van der Waals surface area contributed by atoms with E-state index in [1.807, 2.05) is 6.92 Å². The molecule has 0 atom stereocenters. The van der Waals surface area contributed by atoms with Crippen LogP contribution in [-0.4, -0.2) is 34.5 Å². The minimum atomic E-state index is -1.12. The van der Waals surface area contributed by atoms with E-state index in [0.717, 1.165) is 18.6 Å². The number of aromatic hydroxyl groups is 1. The van der Waals surface area contributed by atoms with E-state index in [1.54, 1.807) is 20.8 Å². The van der Waals surface area contributed by atoms with Crippen LogP contribution in [-0.2, 0) is 9.47 Å². The monoisotopic (exact) mass is 370 g/mol. The van der Waals surface area contributed by atoms with E-state index in [4.69, 9.17) is 9.47 Å². The summed E-state index contributed by atoms with van der Waals surface area (Å²) in [4.78, 5) is 38.9. The van der Waals surface area contributed by atoms with Crippen molar-refractivity contribution in [1.82, 2.24) is 0 Å². The second kappa shape index (κ2) is 8.88. The Bertz CT molecular complexity index is 682. The predicted molar refractivity (Wildman–Crippen MR) is 90.8 cm³/mol. The number of esters is 1. The van der Waals surface area contributed by atoms with Gasteiger partial charge in [0.25, 0.3) is 5.09 Å². The smallest absolute Gasteiger partial charge is 0.412 e. The second-order valence-electron chi connectivity index (χ2n) is 6.30. The molecule has 1 aromatic carbocycles. The highest BCUT2D eigenvalue weighted by atomic mass is 17.0. The van der Waals surface area contributed by atoms with Crippen molar-refractivity contribution in [2.75, 3.05) is 11.9 Å². The number of nitrogens with one attached hydrogen (secondary N) is 1. The molecule has 0 aliphatic carbocycles. The number of benzene rings is 1. The molecule has 1 amide bonds. The highest BCUT2D eigenvalue weighted by Crippen LogP contribution is 2.33. The van der Waals surface area contributed by atoms with Gasteiger partial charge in [-0.3, -0.25) is 10.2 Å². The van der Waals surface area contributed by atoms with Crippen LogP contribution in [0.15, 0.2) is 12.1 Å². The van der Waals surface area contributed by atoms with Crippen molar-refractivity contribution in [3.63, 3.8) is 0 Å². The number of nitrogens with zero attached hydrogens (tertiary/aromatic N) is 1. The van der Waals surface area contributed by atoms with Crippen molar-refractivity contribution in [2.45, 2.75) is 46.1 Å². The molecule has 0 aliphatic heterocycles. The van der Waals surface area contributed by atoms with Crippen molar-refractivity contribution in [3.8, 4) is 11.5 Å². The molecular formula is C16H22N2O8. The molecule has 144 valence electrons. The summed E-state index contributed by atoms with van der Waals surface area (Å²) >= 11 is 0. The zero-order valence-electron chi connectivity index (χ0n) is 15.0. The highest BCUT2D eigenvalue weighted by molar-refractivity contribution is 5.96. The van der Waals surface area contributed by atoms with Crippen LogP contribution in [0.4, 0.5) is 10.5 Å². The average Bonchev–Trinajstić information content (AvgIpc) is 2.47. The molecule has 10 heteroatoms. The number of anilines is 1. The number of amides is 1. The van der Waals surface area contributed by atoms with E-state index in [-0.39, 0.29) is 17.9 Å². The number of carbonyl (C=O) groups is 2. The molecule has 1 rings (SSSR count). The Labute approximate surface area is 150 Å². The topological polar surface area (TPSA) is 137 Å². The Kier molecular flexibility index (Phi) is 7.17. The minimum absolute atomic E-state index is 0.150. The normalized spacial score (nSPS) is 10.8. The van der Waals surface area contributed by atoms with Gasteiger partial charge in [-0.05, 0) is 33.3 Å². The molecule has 0 bridgehead atoms. The Morgan fingerprint density at radius 3 is 2.50 bits per heavy atom. The summed E-state index contributed by atoms with van der Waals surface area (Å²) < 4.78 is 10.1. The van der Waals surface area contributed by atoms with Crippen LogP contribution in [0.3, 0.4) is 0 Å². The summed E-state index contributed by atoms with van der Waals surface area (Å²) in [6.07, 6.45) is 0.528. The van der Waals surface area contributed by atoms with Gasteiger partial charge in [0.05, 0.1) is 12.3 Å². The Balaban J connectivity index is 3.13. The molecule has 10 nitrogen and oxygen atoms in total. The molecule has 26 heavy (non-hydrogen) atoms. The molecule has 0 spiro atoms. The lowest BCUT2D eigenvalue weighted by atomic mass is 10.1. The van der Waals surface area contributed by atoms with Gasteiger partial charge in [0, 0.05) is 6.07 Å². The number of hydrogen-bond acceptors (Lipinski definition) is 8. The fourth-order valence-electron chi connectivity index (χ4n) is 1.79. The maximum Gasteiger partial charge on any atom is 0.412 e. The van der Waals surface area contributed by atoms with Crippen molar-refractivity contribution >= 4 is 17.7 Å². The molecule has 0 saturated heterocycles. The van der Waals surface area contributed by atoms with E-state index < -0.39 is 34.2 Å². The predicted octanol–water partition coefficient (Wildman–Crippen LogP) is 3.27. The van der Waals surface area contributed by atoms with Crippen molar-refractivity contribution in [1.29, 1.82) is 0 Å². The van der Waals surface area contributed by atoms with Gasteiger partial charge < -0.3 is 14.6 Å². The molecule has 0 heterocycles. The van der Waals surface area contributed by atoms with Gasteiger partial charge in [0.1, 0.15) is 16.9 Å². The van der Waals surface area contributed by atoms with Gasteiger partial charge in [0.15, 0.2) is 5.75 Å². The van der Waals surface area contributed by atoms with Gasteiger partial charge in [-0.15, -0.1) is 10.1 Å². The first kappa shape index (κ1) is 21.0. The van der Waals surface area contributed by atoms with Gasteiger partial charge in [0.2, 0.25) is 0 Å². The van der Waals surface area contributed by atoms with Crippen molar-refractivity contribution in [2.24, 2.45) is 0 Å². The van der Waals surface area contributed by atoms with E-state index in [9.17, 15) is 24.8 Å². The maximum atomic E-state index is 12.0. The van der Waals surface area contributed by atoms with Crippen LogP contribution in [0.25, 0.3) is 0 Å². The number of rotatable bonds is 7. The first-order chi connectivity index (χ1) is 12.0. The summed E-state index contributed by atoms with van der Waals surface area (Å²) in [7, 11) is 0. The number of hydrogen-bond donors (Lipinski definition) is 2. The number of phenols is 1. The van der Waals surface area contributed by atoms with Crippen molar-refractivity contribution in [3.05, 3.63) is 27.8 Å². The summed E-state index contributed by atoms with van der Waals surface area (Å²) in [5.74, 6) is -1.89. The summed E-state index contributed by atoms with van der Waals surface area (Å²) in [5.41, 5.74) is -1.31. The van der Waals surface area contributed by atoms with Crippen LogP contribution in [0, 0.1) is 10.1 Å². The standard InChI is InChI=1S/C16H22N2O8/c1-5-6-7-24-14(20)10-8-11(17-15(21)25-16(2,3)4)13(9-12(10)19)26-18(22)23/h8-9,19H,5-7H2,1-4H3,(H,17,21). The molecule has 0 unspecified atom stereocenters. The van der Waals surface area contributed by atoms with Gasteiger partial charge in [-0.25, -0.2) is 9.59 Å². The first-order valence-corrected chi connectivity index (χ1v) is 7.90. The zero-order valence-corrected chi connectivity index (χ0v) is 15.0. The molecule has 0 saturated carbocycles. The Hall–Kier alpha value is -3.04. The summed E-state index contributed by atoms with van der Waals surface area (Å²) in [6, 6.07) is 1.86. The van der Waals surface area contributed by atoms with E-state index >= 15 is 0 Å². The lowest BCUT2D eigenvalue weighted by Crippen LogP contribution is -2.27. The fourth-order valence-corrected chi connectivity index (χ4v) is 1.79. The molecule has 0 radical (unpaired) electrons. The lowest BCUT2D eigenvalue weighted by Gasteiger charge is -2.20. The fraction of sp³-hybridized carbons (Fsp3) is 0.500. The lowest BCUT2D eigenvalue weighted by molar-refractivity contribution is -0.710. The van der Waals surface area contributed by atoms with Gasteiger partial charge in [-0.2, -0.15) is 0 Å². The van der Waals surface area contributed by atoms with Crippen LogP contribution in [0.5, 0.6) is 11.5 Å². The number of carbonyl (C=O) groups excluding carboxylic acids is 2. The minimum Gasteiger partial charge on any atom is -0.507 e. The number of unbranched alkanes of at least 4 members (excludes halogenated alkanes) is 1. The third kappa shape index (κ3) is 6.83. The van der Waals surface area contributed by atoms with Gasteiger partial charge in [-0.1, -0.05) is 13.3 Å². The quantitative estimate of drug-likeness (QED) is 0.245.